The van der Waals surface area contributed by atoms with Crippen molar-refractivity contribution in [3.05, 3.63) is 30.1 Å². The van der Waals surface area contributed by atoms with E-state index in [1.165, 1.54) is 0 Å². The van der Waals surface area contributed by atoms with Gasteiger partial charge in [-0.1, -0.05) is 0 Å². The highest BCUT2D eigenvalue weighted by Gasteiger charge is 2.26. The molecule has 8 nitrogen and oxygen atoms in total. The molecule has 1 aromatic rings. The van der Waals surface area contributed by atoms with Gasteiger partial charge in [-0.2, -0.15) is 0 Å². The van der Waals surface area contributed by atoms with Gasteiger partial charge < -0.3 is 20.3 Å². The number of aromatic nitrogens is 1. The number of carbonyl (C=O) groups excluding carboxylic acids is 3. The third-order valence-electron chi connectivity index (χ3n) is 3.76. The van der Waals surface area contributed by atoms with Crippen molar-refractivity contribution < 1.29 is 19.1 Å². The number of nitrogens with zero attached hydrogens (tertiary/aromatic N) is 2. The molecule has 0 radical (unpaired) electrons. The second-order valence-corrected chi connectivity index (χ2v) is 5.47. The number of ether oxygens (including phenoxy) is 1. The molecule has 0 spiro atoms. The molecular formula is C16H22N4O4. The van der Waals surface area contributed by atoms with Gasteiger partial charge in [-0.25, -0.2) is 4.79 Å². The summed E-state index contributed by atoms with van der Waals surface area (Å²) < 4.78 is 4.94. The van der Waals surface area contributed by atoms with E-state index in [2.05, 4.69) is 15.6 Å². The van der Waals surface area contributed by atoms with Crippen LogP contribution in [0.2, 0.25) is 0 Å². The molecule has 1 aliphatic heterocycles. The van der Waals surface area contributed by atoms with E-state index < -0.39 is 11.8 Å². The molecule has 1 saturated heterocycles. The molecule has 8 heteroatoms. The summed E-state index contributed by atoms with van der Waals surface area (Å²) in [4.78, 5) is 40.8. The van der Waals surface area contributed by atoms with Crippen LogP contribution in [0.5, 0.6) is 0 Å². The fraction of sp³-hybridized carbons (Fsp3) is 0.500. The van der Waals surface area contributed by atoms with E-state index in [4.69, 9.17) is 4.74 Å². The molecule has 24 heavy (non-hydrogen) atoms. The molecule has 0 saturated carbocycles. The Balaban J connectivity index is 1.71. The first-order valence-electron chi connectivity index (χ1n) is 7.99. The molecule has 1 aromatic heterocycles. The van der Waals surface area contributed by atoms with E-state index >= 15 is 0 Å². The number of hydrogen-bond acceptors (Lipinski definition) is 5. The van der Waals surface area contributed by atoms with E-state index in [9.17, 15) is 14.4 Å². The zero-order valence-electron chi connectivity index (χ0n) is 13.7. The fourth-order valence-electron chi connectivity index (χ4n) is 2.44. The minimum Gasteiger partial charge on any atom is -0.450 e. The summed E-state index contributed by atoms with van der Waals surface area (Å²) in [6, 6.07) is 3.42. The highest BCUT2D eigenvalue weighted by atomic mass is 16.6. The average Bonchev–Trinajstić information content (AvgIpc) is 2.61. The quantitative estimate of drug-likeness (QED) is 0.778. The lowest BCUT2D eigenvalue weighted by molar-refractivity contribution is -0.139. The predicted octanol–water partition coefficient (Wildman–Crippen LogP) is 0.435. The van der Waals surface area contributed by atoms with Crippen molar-refractivity contribution in [3.8, 4) is 0 Å². The number of carbonyl (C=O) groups is 3. The Morgan fingerprint density at radius 2 is 1.88 bits per heavy atom. The number of piperidine rings is 1. The molecular weight excluding hydrogens is 312 g/mol. The zero-order valence-corrected chi connectivity index (χ0v) is 13.7. The molecule has 2 heterocycles. The third-order valence-corrected chi connectivity index (χ3v) is 3.76. The molecule has 2 N–H and O–H groups in total. The maximum absolute atomic E-state index is 11.9. The number of nitrogens with one attached hydrogen (secondary N) is 2. The van der Waals surface area contributed by atoms with Gasteiger partial charge in [0.15, 0.2) is 0 Å². The van der Waals surface area contributed by atoms with E-state index in [0.29, 0.717) is 32.5 Å². The molecule has 1 fully saturated rings. The van der Waals surface area contributed by atoms with Crippen molar-refractivity contribution in [1.29, 1.82) is 0 Å². The molecule has 0 aliphatic carbocycles. The lowest BCUT2D eigenvalue weighted by Gasteiger charge is -2.31. The summed E-state index contributed by atoms with van der Waals surface area (Å²) in [7, 11) is 0. The molecule has 0 unspecified atom stereocenters. The lowest BCUT2D eigenvalue weighted by atomic mass is 10.1. The zero-order chi connectivity index (χ0) is 17.4. The molecule has 3 amide bonds. The van der Waals surface area contributed by atoms with Gasteiger partial charge >= 0.3 is 17.9 Å². The van der Waals surface area contributed by atoms with Crippen molar-refractivity contribution in [3.63, 3.8) is 0 Å². The summed E-state index contributed by atoms with van der Waals surface area (Å²) >= 11 is 0. The van der Waals surface area contributed by atoms with Gasteiger partial charge in [0.25, 0.3) is 0 Å². The smallest absolute Gasteiger partial charge is 0.409 e. The van der Waals surface area contributed by atoms with Crippen LogP contribution in [0.3, 0.4) is 0 Å². The van der Waals surface area contributed by atoms with E-state index in [1.54, 1.807) is 36.4 Å². The monoisotopic (exact) mass is 334 g/mol. The van der Waals surface area contributed by atoms with Crippen LogP contribution in [0.4, 0.5) is 4.79 Å². The molecule has 130 valence electrons. The summed E-state index contributed by atoms with van der Waals surface area (Å²) in [5.41, 5.74) is 0.869. The topological polar surface area (TPSA) is 101 Å². The van der Waals surface area contributed by atoms with Crippen LogP contribution in [0, 0.1) is 0 Å². The maximum atomic E-state index is 11.9. The van der Waals surface area contributed by atoms with E-state index in [0.717, 1.165) is 5.56 Å². The number of hydrogen-bond donors (Lipinski definition) is 2. The number of pyridine rings is 1. The van der Waals surface area contributed by atoms with Gasteiger partial charge in [0, 0.05) is 38.1 Å². The number of likely N-dealkylation sites (tertiary alicyclic amines) is 1. The third kappa shape index (κ3) is 5.22. The Labute approximate surface area is 140 Å². The first kappa shape index (κ1) is 17.7. The molecule has 0 bridgehead atoms. The summed E-state index contributed by atoms with van der Waals surface area (Å²) in [5.74, 6) is -1.32. The van der Waals surface area contributed by atoms with E-state index in [-0.39, 0.29) is 18.7 Å². The first-order valence-corrected chi connectivity index (χ1v) is 7.99. The van der Waals surface area contributed by atoms with Gasteiger partial charge in [-0.3, -0.25) is 14.6 Å². The highest BCUT2D eigenvalue weighted by Crippen LogP contribution is 2.11. The fourth-order valence-corrected chi connectivity index (χ4v) is 2.44. The number of amides is 3. The first-order chi connectivity index (χ1) is 11.6. The Hall–Kier alpha value is -2.64. The van der Waals surface area contributed by atoms with E-state index in [1.807, 2.05) is 0 Å². The Kier molecular flexibility index (Phi) is 6.53. The van der Waals surface area contributed by atoms with Crippen LogP contribution >= 0.6 is 0 Å². The second kappa shape index (κ2) is 8.85. The van der Waals surface area contributed by atoms with Crippen molar-refractivity contribution in [2.75, 3.05) is 19.7 Å². The van der Waals surface area contributed by atoms with Crippen molar-refractivity contribution in [1.82, 2.24) is 20.5 Å². The van der Waals surface area contributed by atoms with Crippen molar-refractivity contribution in [2.45, 2.75) is 32.4 Å². The SMILES string of the molecule is CCOC(=O)N1CCC(NC(=O)C(=O)NCc2ccncc2)CC1. The summed E-state index contributed by atoms with van der Waals surface area (Å²) in [6.45, 7) is 3.38. The van der Waals surface area contributed by atoms with Crippen LogP contribution in [0.15, 0.2) is 24.5 Å². The molecule has 0 atom stereocenters. The minimum atomic E-state index is -0.667. The summed E-state index contributed by atoms with van der Waals surface area (Å²) in [6.07, 6.45) is 4.11. The normalized spacial score (nSPS) is 14.8. The minimum absolute atomic E-state index is 0.116. The predicted molar refractivity (Wildman–Crippen MR) is 85.8 cm³/mol. The van der Waals surface area contributed by atoms with Gasteiger partial charge in [0.1, 0.15) is 0 Å². The summed E-state index contributed by atoms with van der Waals surface area (Å²) in [5, 5.41) is 5.27. The number of rotatable bonds is 4. The maximum Gasteiger partial charge on any atom is 0.409 e. The lowest BCUT2D eigenvalue weighted by Crippen LogP contribution is -2.50. The van der Waals surface area contributed by atoms with Crippen LogP contribution in [0.25, 0.3) is 0 Å². The Bertz CT molecular complexity index is 571. The standard InChI is InChI=1S/C16H22N4O4/c1-2-24-16(23)20-9-5-13(6-10-20)19-15(22)14(21)18-11-12-3-7-17-8-4-12/h3-4,7-8,13H,2,5-6,9-11H2,1H3,(H,18,21)(H,19,22). The van der Waals surface area contributed by atoms with Crippen molar-refractivity contribution >= 4 is 17.9 Å². The highest BCUT2D eigenvalue weighted by molar-refractivity contribution is 6.35. The molecule has 1 aliphatic rings. The molecule has 0 aromatic carbocycles. The van der Waals surface area contributed by atoms with Gasteiger partial charge in [0.05, 0.1) is 6.61 Å². The van der Waals surface area contributed by atoms with Crippen LogP contribution in [-0.4, -0.2) is 53.5 Å². The van der Waals surface area contributed by atoms with Crippen LogP contribution in [0.1, 0.15) is 25.3 Å². The van der Waals surface area contributed by atoms with Gasteiger partial charge in [-0.15, -0.1) is 0 Å². The molecule has 2 rings (SSSR count). The Morgan fingerprint density at radius 1 is 1.21 bits per heavy atom. The van der Waals surface area contributed by atoms with Gasteiger partial charge in [0.2, 0.25) is 0 Å². The average molecular weight is 334 g/mol. The van der Waals surface area contributed by atoms with Crippen LogP contribution in [-0.2, 0) is 20.9 Å². The van der Waals surface area contributed by atoms with Crippen molar-refractivity contribution in [2.24, 2.45) is 0 Å². The second-order valence-electron chi connectivity index (χ2n) is 5.47. The van der Waals surface area contributed by atoms with Gasteiger partial charge in [-0.05, 0) is 37.5 Å². The Morgan fingerprint density at radius 3 is 2.50 bits per heavy atom. The largest absolute Gasteiger partial charge is 0.450 e. The van der Waals surface area contributed by atoms with Crippen LogP contribution < -0.4 is 10.6 Å².